The summed E-state index contributed by atoms with van der Waals surface area (Å²) in [6.45, 7) is 1.63. The van der Waals surface area contributed by atoms with Gasteiger partial charge in [-0.15, -0.1) is 0 Å². The van der Waals surface area contributed by atoms with Crippen LogP contribution in [0.1, 0.15) is 12.5 Å². The van der Waals surface area contributed by atoms with Crippen LogP contribution in [-0.2, 0) is 14.3 Å². The lowest BCUT2D eigenvalue weighted by molar-refractivity contribution is -0.385. The molecule has 24 heavy (non-hydrogen) atoms. The van der Waals surface area contributed by atoms with Gasteiger partial charge in [0, 0.05) is 18.8 Å². The number of allylic oxidation sites excluding steroid dienone is 1. The Morgan fingerprint density at radius 2 is 2.00 bits per heavy atom. The largest absolute Gasteiger partial charge is 0.490 e. The summed E-state index contributed by atoms with van der Waals surface area (Å²) in [6.07, 6.45) is 1.42. The molecule has 1 heterocycles. The van der Waals surface area contributed by atoms with E-state index in [9.17, 15) is 19.7 Å². The number of ether oxygens (including phenoxy) is 2. The van der Waals surface area contributed by atoms with Crippen LogP contribution in [0.5, 0.6) is 5.75 Å². The molecule has 0 saturated carbocycles. The van der Waals surface area contributed by atoms with Crippen molar-refractivity contribution in [1.82, 2.24) is 4.90 Å². The van der Waals surface area contributed by atoms with Gasteiger partial charge in [-0.1, -0.05) is 6.07 Å². The maximum Gasteiger partial charge on any atom is 0.340 e. The summed E-state index contributed by atoms with van der Waals surface area (Å²) in [5.74, 6) is -0.914. The lowest BCUT2D eigenvalue weighted by Gasteiger charge is -2.08. The van der Waals surface area contributed by atoms with Crippen LogP contribution in [0.25, 0.3) is 6.08 Å². The Balaban J connectivity index is 2.57. The van der Waals surface area contributed by atoms with Gasteiger partial charge < -0.3 is 14.4 Å². The molecule has 0 radical (unpaired) electrons. The van der Waals surface area contributed by atoms with Crippen LogP contribution in [0.15, 0.2) is 35.0 Å². The molecule has 1 aliphatic rings. The molecular formula is C16H16N2O6. The Morgan fingerprint density at radius 3 is 2.54 bits per heavy atom. The van der Waals surface area contributed by atoms with Gasteiger partial charge >= 0.3 is 11.7 Å². The van der Waals surface area contributed by atoms with Gasteiger partial charge in [0.1, 0.15) is 0 Å². The zero-order valence-electron chi connectivity index (χ0n) is 13.7. The van der Waals surface area contributed by atoms with Gasteiger partial charge in [-0.3, -0.25) is 14.9 Å². The summed E-state index contributed by atoms with van der Waals surface area (Å²) in [5, 5.41) is 11.1. The summed E-state index contributed by atoms with van der Waals surface area (Å²) in [5.41, 5.74) is 0.896. The second kappa shape index (κ2) is 6.53. The zero-order valence-corrected chi connectivity index (χ0v) is 13.7. The molecule has 1 aliphatic heterocycles. The number of hydrogen-bond donors (Lipinski definition) is 0. The predicted molar refractivity (Wildman–Crippen MR) is 85.1 cm³/mol. The van der Waals surface area contributed by atoms with Crippen LogP contribution in [0, 0.1) is 10.1 Å². The fourth-order valence-electron chi connectivity index (χ4n) is 2.40. The molecule has 0 spiro atoms. The first kappa shape index (κ1) is 17.2. The normalized spacial score (nSPS) is 15.9. The first-order chi connectivity index (χ1) is 11.3. The monoisotopic (exact) mass is 332 g/mol. The fourth-order valence-corrected chi connectivity index (χ4v) is 2.40. The quantitative estimate of drug-likeness (QED) is 0.361. The molecule has 2 rings (SSSR count). The summed E-state index contributed by atoms with van der Waals surface area (Å²) in [7, 11) is 4.09. The van der Waals surface area contributed by atoms with Gasteiger partial charge in [-0.25, -0.2) is 4.79 Å². The van der Waals surface area contributed by atoms with Gasteiger partial charge in [0.2, 0.25) is 0 Å². The molecule has 0 saturated heterocycles. The first-order valence-electron chi connectivity index (χ1n) is 6.93. The smallest absolute Gasteiger partial charge is 0.340 e. The van der Waals surface area contributed by atoms with E-state index in [2.05, 4.69) is 0 Å². The average molecular weight is 332 g/mol. The standard InChI is InChI=1S/C16H16N2O6/c1-9-14(16(20)24-4)11(15(19)17(9)2)7-10-5-6-13(23-3)12(8-10)18(21)22/h5-8H,1-4H3/b11-7-. The molecule has 0 unspecified atom stereocenters. The van der Waals surface area contributed by atoms with E-state index in [0.717, 1.165) is 0 Å². The van der Waals surface area contributed by atoms with E-state index in [1.54, 1.807) is 13.0 Å². The highest BCUT2D eigenvalue weighted by Crippen LogP contribution is 2.33. The molecule has 0 aliphatic carbocycles. The summed E-state index contributed by atoms with van der Waals surface area (Å²) >= 11 is 0. The molecule has 0 bridgehead atoms. The van der Waals surface area contributed by atoms with Gasteiger partial charge in [-0.05, 0) is 24.6 Å². The molecule has 1 amide bonds. The number of rotatable bonds is 4. The Morgan fingerprint density at radius 1 is 1.33 bits per heavy atom. The van der Waals surface area contributed by atoms with Gasteiger partial charge in [0.05, 0.1) is 30.3 Å². The van der Waals surface area contributed by atoms with E-state index < -0.39 is 10.9 Å². The number of methoxy groups -OCH3 is 2. The molecule has 1 aromatic carbocycles. The van der Waals surface area contributed by atoms with E-state index in [4.69, 9.17) is 9.47 Å². The van der Waals surface area contributed by atoms with Crippen molar-refractivity contribution in [2.75, 3.05) is 21.3 Å². The average Bonchev–Trinajstić information content (AvgIpc) is 2.78. The van der Waals surface area contributed by atoms with E-state index in [1.165, 1.54) is 44.4 Å². The molecule has 0 fully saturated rings. The van der Waals surface area contributed by atoms with Crippen LogP contribution in [0.3, 0.4) is 0 Å². The highest BCUT2D eigenvalue weighted by atomic mass is 16.6. The van der Waals surface area contributed by atoms with Crippen LogP contribution >= 0.6 is 0 Å². The molecule has 8 nitrogen and oxygen atoms in total. The molecule has 0 N–H and O–H groups in total. The van der Waals surface area contributed by atoms with Crippen LogP contribution in [-0.4, -0.2) is 43.0 Å². The van der Waals surface area contributed by atoms with Gasteiger partial charge in [0.25, 0.3) is 5.91 Å². The number of likely N-dealkylation sites (N-methyl/N-ethyl adjacent to an activating group) is 1. The van der Waals surface area contributed by atoms with Gasteiger partial charge in [0.15, 0.2) is 5.75 Å². The van der Waals surface area contributed by atoms with E-state index in [1.807, 2.05) is 0 Å². The Kier molecular flexibility index (Phi) is 4.68. The molecule has 0 atom stereocenters. The maximum atomic E-state index is 12.3. The highest BCUT2D eigenvalue weighted by molar-refractivity contribution is 6.16. The van der Waals surface area contributed by atoms with Crippen molar-refractivity contribution in [2.45, 2.75) is 6.92 Å². The van der Waals surface area contributed by atoms with Gasteiger partial charge in [-0.2, -0.15) is 0 Å². The molecule has 126 valence electrons. The van der Waals surface area contributed by atoms with Crippen LogP contribution in [0.2, 0.25) is 0 Å². The van der Waals surface area contributed by atoms with Crippen molar-refractivity contribution in [1.29, 1.82) is 0 Å². The van der Waals surface area contributed by atoms with Crippen molar-refractivity contribution in [2.24, 2.45) is 0 Å². The van der Waals surface area contributed by atoms with Crippen molar-refractivity contribution >= 4 is 23.6 Å². The topological polar surface area (TPSA) is 99.0 Å². The second-order valence-electron chi connectivity index (χ2n) is 5.06. The number of benzene rings is 1. The minimum atomic E-state index is -0.639. The maximum absolute atomic E-state index is 12.3. The number of nitro benzene ring substituents is 1. The number of esters is 1. The number of carbonyl (C=O) groups is 2. The molecule has 1 aromatic rings. The van der Waals surface area contributed by atoms with Crippen LogP contribution in [0.4, 0.5) is 5.69 Å². The third kappa shape index (κ3) is 2.85. The fraction of sp³-hybridized carbons (Fsp3) is 0.250. The number of nitrogens with zero attached hydrogens (tertiary/aromatic N) is 2. The lowest BCUT2D eigenvalue weighted by Crippen LogP contribution is -2.19. The van der Waals surface area contributed by atoms with E-state index in [0.29, 0.717) is 11.3 Å². The molecule has 0 aromatic heterocycles. The third-order valence-electron chi connectivity index (χ3n) is 3.77. The minimum Gasteiger partial charge on any atom is -0.490 e. The Hall–Kier alpha value is -3.16. The summed E-state index contributed by atoms with van der Waals surface area (Å²) in [4.78, 5) is 36.2. The van der Waals surface area contributed by atoms with Crippen molar-refractivity contribution in [3.63, 3.8) is 0 Å². The minimum absolute atomic E-state index is 0.108. The summed E-state index contributed by atoms with van der Waals surface area (Å²) in [6, 6.07) is 4.28. The lowest BCUT2D eigenvalue weighted by atomic mass is 10.0. The van der Waals surface area contributed by atoms with Crippen molar-refractivity contribution in [3.05, 3.63) is 50.7 Å². The summed E-state index contributed by atoms with van der Waals surface area (Å²) < 4.78 is 9.67. The van der Waals surface area contributed by atoms with Crippen molar-refractivity contribution in [3.8, 4) is 5.75 Å². The number of nitro groups is 1. The molecule has 8 heteroatoms. The Bertz CT molecular complexity index is 794. The first-order valence-corrected chi connectivity index (χ1v) is 6.93. The van der Waals surface area contributed by atoms with E-state index >= 15 is 0 Å². The highest BCUT2D eigenvalue weighted by Gasteiger charge is 2.35. The SMILES string of the molecule is COC(=O)C1=C(C)N(C)C(=O)/C1=C\c1ccc(OC)c([N+](=O)[O-])c1. The number of hydrogen-bond acceptors (Lipinski definition) is 6. The molecular weight excluding hydrogens is 316 g/mol. The van der Waals surface area contributed by atoms with E-state index in [-0.39, 0.29) is 28.5 Å². The predicted octanol–water partition coefficient (Wildman–Crippen LogP) is 1.91. The zero-order chi connectivity index (χ0) is 18.0. The third-order valence-corrected chi connectivity index (χ3v) is 3.77. The second-order valence-corrected chi connectivity index (χ2v) is 5.06. The number of amides is 1. The van der Waals surface area contributed by atoms with Crippen molar-refractivity contribution < 1.29 is 24.0 Å². The Labute approximate surface area is 138 Å². The number of carbonyl (C=O) groups excluding carboxylic acids is 2. The van der Waals surface area contributed by atoms with Crippen LogP contribution < -0.4 is 4.74 Å².